The molecule has 1 amide bonds. The van der Waals surface area contributed by atoms with Crippen molar-refractivity contribution < 1.29 is 4.79 Å². The number of pyridine rings is 1. The van der Waals surface area contributed by atoms with Gasteiger partial charge in [0.15, 0.2) is 0 Å². The van der Waals surface area contributed by atoms with Crippen molar-refractivity contribution >= 4 is 5.91 Å². The zero-order valence-corrected chi connectivity index (χ0v) is 12.9. The Balaban J connectivity index is 1.38. The molecule has 0 aliphatic heterocycles. The van der Waals surface area contributed by atoms with Crippen LogP contribution in [0.1, 0.15) is 24.8 Å². The lowest BCUT2D eigenvalue weighted by atomic mass is 9.90. The molecule has 0 radical (unpaired) electrons. The van der Waals surface area contributed by atoms with E-state index in [4.69, 9.17) is 0 Å². The van der Waals surface area contributed by atoms with E-state index in [0.29, 0.717) is 30.7 Å². The number of allylic oxidation sites excluding steroid dienone is 2. The van der Waals surface area contributed by atoms with E-state index in [2.05, 4.69) is 27.4 Å². The largest absolute Gasteiger partial charge is 0.352 e. The van der Waals surface area contributed by atoms with E-state index in [1.54, 1.807) is 18.7 Å². The zero-order valence-electron chi connectivity index (χ0n) is 12.9. The number of nitrogens with one attached hydrogen (secondary N) is 1. The molecular formula is C18H20N4O. The van der Waals surface area contributed by atoms with Gasteiger partial charge in [0.1, 0.15) is 12.1 Å². The highest BCUT2D eigenvalue weighted by atomic mass is 16.1. The Morgan fingerprint density at radius 2 is 2.26 bits per heavy atom. The number of imidazole rings is 1. The van der Waals surface area contributed by atoms with Gasteiger partial charge in [-0.1, -0.05) is 18.2 Å². The molecule has 2 bridgehead atoms. The second-order valence-corrected chi connectivity index (χ2v) is 6.48. The van der Waals surface area contributed by atoms with Gasteiger partial charge in [-0.3, -0.25) is 9.36 Å². The first-order valence-corrected chi connectivity index (χ1v) is 8.17. The lowest BCUT2D eigenvalue weighted by Crippen LogP contribution is -2.27. The number of carbonyl (C=O) groups is 1. The van der Waals surface area contributed by atoms with Crippen LogP contribution < -0.4 is 5.32 Å². The van der Waals surface area contributed by atoms with Crippen molar-refractivity contribution in [1.82, 2.24) is 19.9 Å². The number of rotatable bonds is 5. The number of hydrogen-bond donors (Lipinski definition) is 1. The Labute approximate surface area is 135 Å². The van der Waals surface area contributed by atoms with Crippen LogP contribution in [0.15, 0.2) is 49.2 Å². The highest BCUT2D eigenvalue weighted by Gasteiger charge is 2.36. The first kappa shape index (κ1) is 14.2. The number of nitrogens with zero attached hydrogens (tertiary/aromatic N) is 3. The van der Waals surface area contributed by atoms with Gasteiger partial charge in [0, 0.05) is 37.1 Å². The molecule has 5 nitrogen and oxygen atoms in total. The number of carbonyl (C=O) groups excluding carboxylic acids is 1. The Hall–Kier alpha value is -2.43. The van der Waals surface area contributed by atoms with Gasteiger partial charge in [-0.05, 0) is 36.7 Å². The molecule has 3 atom stereocenters. The van der Waals surface area contributed by atoms with Crippen LogP contribution in [0.2, 0.25) is 0 Å². The van der Waals surface area contributed by atoms with Gasteiger partial charge >= 0.3 is 0 Å². The lowest BCUT2D eigenvalue weighted by Gasteiger charge is -2.17. The third-order valence-corrected chi connectivity index (χ3v) is 4.96. The minimum absolute atomic E-state index is 0.136. The predicted octanol–water partition coefficient (Wildman–Crippen LogP) is 2.49. The molecule has 5 heteroatoms. The third kappa shape index (κ3) is 2.91. The Bertz CT molecular complexity index is 722. The van der Waals surface area contributed by atoms with Gasteiger partial charge in [-0.25, -0.2) is 9.97 Å². The van der Waals surface area contributed by atoms with Crippen molar-refractivity contribution in [3.8, 4) is 5.82 Å². The fourth-order valence-corrected chi connectivity index (χ4v) is 3.82. The molecule has 0 saturated heterocycles. The normalized spacial score (nSPS) is 25.0. The summed E-state index contributed by atoms with van der Waals surface area (Å²) in [5, 5.41) is 3.05. The average Bonchev–Trinajstić information content (AvgIpc) is 3.31. The fourth-order valence-electron chi connectivity index (χ4n) is 3.82. The van der Waals surface area contributed by atoms with Crippen LogP contribution in [0, 0.1) is 17.8 Å². The summed E-state index contributed by atoms with van der Waals surface area (Å²) >= 11 is 0. The lowest BCUT2D eigenvalue weighted by molar-refractivity contribution is -0.122. The van der Waals surface area contributed by atoms with E-state index in [0.717, 1.165) is 11.4 Å². The Morgan fingerprint density at radius 1 is 1.30 bits per heavy atom. The Morgan fingerprint density at radius 3 is 3.00 bits per heavy atom. The van der Waals surface area contributed by atoms with Crippen molar-refractivity contribution in [3.63, 3.8) is 0 Å². The predicted molar refractivity (Wildman–Crippen MR) is 86.7 cm³/mol. The van der Waals surface area contributed by atoms with Gasteiger partial charge in [-0.2, -0.15) is 0 Å². The molecule has 2 aliphatic carbocycles. The summed E-state index contributed by atoms with van der Waals surface area (Å²) in [7, 11) is 0. The molecule has 0 spiro atoms. The van der Waals surface area contributed by atoms with Gasteiger partial charge in [0.05, 0.1) is 0 Å². The van der Waals surface area contributed by atoms with Gasteiger partial charge in [-0.15, -0.1) is 0 Å². The monoisotopic (exact) mass is 308 g/mol. The van der Waals surface area contributed by atoms with Crippen molar-refractivity contribution in [2.45, 2.75) is 25.8 Å². The second-order valence-electron chi connectivity index (χ2n) is 6.48. The molecule has 1 fully saturated rings. The van der Waals surface area contributed by atoms with Crippen LogP contribution in [0.5, 0.6) is 0 Å². The SMILES string of the molecule is O=C(C[C@@H]1C[C@@H]2C=C[C@H]1C2)NCc1cccnc1-n1ccnc1. The van der Waals surface area contributed by atoms with Crippen molar-refractivity contribution in [2.24, 2.45) is 17.8 Å². The highest BCUT2D eigenvalue weighted by molar-refractivity contribution is 5.76. The third-order valence-electron chi connectivity index (χ3n) is 4.96. The van der Waals surface area contributed by atoms with E-state index < -0.39 is 0 Å². The summed E-state index contributed by atoms with van der Waals surface area (Å²) in [5.74, 6) is 2.80. The second kappa shape index (κ2) is 5.99. The quantitative estimate of drug-likeness (QED) is 0.863. The molecule has 0 unspecified atom stereocenters. The number of amides is 1. The molecule has 4 rings (SSSR count). The summed E-state index contributed by atoms with van der Waals surface area (Å²) in [6, 6.07) is 3.88. The minimum Gasteiger partial charge on any atom is -0.352 e. The maximum Gasteiger partial charge on any atom is 0.220 e. The first-order chi connectivity index (χ1) is 11.3. The standard InChI is InChI=1S/C18H20N4O/c23-17(10-16-9-13-3-4-14(16)8-13)21-11-15-2-1-5-20-18(15)22-7-6-19-12-22/h1-7,12-14,16H,8-11H2,(H,21,23)/t13-,14+,16+/m1/s1. The fraction of sp³-hybridized carbons (Fsp3) is 0.389. The van der Waals surface area contributed by atoms with E-state index in [1.807, 2.05) is 22.9 Å². The van der Waals surface area contributed by atoms with Gasteiger partial charge in [0.25, 0.3) is 0 Å². The topological polar surface area (TPSA) is 59.8 Å². The molecule has 0 aromatic carbocycles. The van der Waals surface area contributed by atoms with Crippen LogP contribution >= 0.6 is 0 Å². The summed E-state index contributed by atoms with van der Waals surface area (Å²) in [5.41, 5.74) is 0.992. The zero-order chi connectivity index (χ0) is 15.6. The number of aromatic nitrogens is 3. The van der Waals surface area contributed by atoms with Crippen LogP contribution in [-0.4, -0.2) is 20.4 Å². The summed E-state index contributed by atoms with van der Waals surface area (Å²) in [6.07, 6.45) is 14.7. The van der Waals surface area contributed by atoms with E-state index in [9.17, 15) is 4.79 Å². The van der Waals surface area contributed by atoms with Gasteiger partial charge in [0.2, 0.25) is 5.91 Å². The van der Waals surface area contributed by atoms with Crippen molar-refractivity contribution in [3.05, 3.63) is 54.8 Å². The molecule has 2 aromatic rings. The highest BCUT2D eigenvalue weighted by Crippen LogP contribution is 2.44. The van der Waals surface area contributed by atoms with Crippen molar-refractivity contribution in [1.29, 1.82) is 0 Å². The molecular weight excluding hydrogens is 288 g/mol. The van der Waals surface area contributed by atoms with Gasteiger partial charge < -0.3 is 5.32 Å². The smallest absolute Gasteiger partial charge is 0.220 e. The number of fused-ring (bicyclic) bond motifs is 2. The first-order valence-electron chi connectivity index (χ1n) is 8.17. The minimum atomic E-state index is 0.136. The molecule has 2 aliphatic rings. The van der Waals surface area contributed by atoms with Crippen LogP contribution in [-0.2, 0) is 11.3 Å². The molecule has 118 valence electrons. The summed E-state index contributed by atoms with van der Waals surface area (Å²) in [4.78, 5) is 20.7. The molecule has 2 heterocycles. The van der Waals surface area contributed by atoms with Crippen LogP contribution in [0.4, 0.5) is 0 Å². The van der Waals surface area contributed by atoms with Crippen LogP contribution in [0.3, 0.4) is 0 Å². The van der Waals surface area contributed by atoms with Crippen LogP contribution in [0.25, 0.3) is 5.82 Å². The molecule has 1 N–H and O–H groups in total. The van der Waals surface area contributed by atoms with E-state index in [-0.39, 0.29) is 5.91 Å². The summed E-state index contributed by atoms with van der Waals surface area (Å²) in [6.45, 7) is 0.497. The average molecular weight is 308 g/mol. The molecule has 23 heavy (non-hydrogen) atoms. The molecule has 2 aromatic heterocycles. The van der Waals surface area contributed by atoms with E-state index in [1.165, 1.54) is 12.8 Å². The summed E-state index contributed by atoms with van der Waals surface area (Å²) < 4.78 is 1.86. The molecule has 1 saturated carbocycles. The van der Waals surface area contributed by atoms with E-state index >= 15 is 0 Å². The maximum atomic E-state index is 12.3. The maximum absolute atomic E-state index is 12.3. The number of hydrogen-bond acceptors (Lipinski definition) is 3. The van der Waals surface area contributed by atoms with Crippen molar-refractivity contribution in [2.75, 3.05) is 0 Å². The Kier molecular flexibility index (Phi) is 3.69.